The van der Waals surface area contributed by atoms with Crippen molar-refractivity contribution < 1.29 is 9.53 Å². The molecule has 4 heteroatoms. The number of hydrogen-bond donors (Lipinski definition) is 1. The van der Waals surface area contributed by atoms with E-state index in [0.717, 1.165) is 0 Å². The van der Waals surface area contributed by atoms with Gasteiger partial charge in [0, 0.05) is 18.4 Å². The van der Waals surface area contributed by atoms with Crippen molar-refractivity contribution in [3.63, 3.8) is 0 Å². The Morgan fingerprint density at radius 1 is 1.36 bits per heavy atom. The number of methoxy groups -OCH3 is 1. The van der Waals surface area contributed by atoms with Gasteiger partial charge in [0.1, 0.15) is 5.60 Å². The van der Waals surface area contributed by atoms with E-state index in [0.29, 0.717) is 6.54 Å². The molecule has 84 valence electrons. The van der Waals surface area contributed by atoms with Crippen molar-refractivity contribution in [2.24, 2.45) is 0 Å². The van der Waals surface area contributed by atoms with Crippen LogP contribution >= 0.6 is 11.8 Å². The Labute approximate surface area is 91.0 Å². The summed E-state index contributed by atoms with van der Waals surface area (Å²) in [6.45, 7) is 8.36. The van der Waals surface area contributed by atoms with Crippen LogP contribution in [-0.4, -0.2) is 36.2 Å². The molecule has 0 rings (SSSR count). The molecule has 1 amide bonds. The number of rotatable bonds is 5. The van der Waals surface area contributed by atoms with Gasteiger partial charge in [-0.3, -0.25) is 4.79 Å². The minimum atomic E-state index is -0.742. The first-order valence-electron chi connectivity index (χ1n) is 4.64. The van der Waals surface area contributed by atoms with Crippen LogP contribution in [0.15, 0.2) is 0 Å². The molecule has 0 aliphatic heterocycles. The maximum atomic E-state index is 11.6. The Bertz CT molecular complexity index is 202. The second-order valence-electron chi connectivity index (χ2n) is 4.36. The van der Waals surface area contributed by atoms with Crippen LogP contribution in [0.3, 0.4) is 0 Å². The number of carbonyl (C=O) groups excluding carboxylic acids is 1. The van der Waals surface area contributed by atoms with Crippen LogP contribution in [0.25, 0.3) is 0 Å². The fraction of sp³-hybridized carbons (Fsp3) is 0.900. The van der Waals surface area contributed by atoms with Crippen molar-refractivity contribution >= 4 is 17.7 Å². The molecule has 0 aliphatic rings. The van der Waals surface area contributed by atoms with E-state index < -0.39 is 5.60 Å². The van der Waals surface area contributed by atoms with E-state index in [-0.39, 0.29) is 10.7 Å². The van der Waals surface area contributed by atoms with Crippen LogP contribution in [0, 0.1) is 0 Å². The lowest BCUT2D eigenvalue weighted by molar-refractivity contribution is -0.139. The maximum Gasteiger partial charge on any atom is 0.251 e. The first kappa shape index (κ1) is 13.8. The van der Waals surface area contributed by atoms with Gasteiger partial charge in [-0.05, 0) is 34.0 Å². The zero-order valence-electron chi connectivity index (χ0n) is 9.93. The SMILES string of the molecule is COC(C)(C)C(=O)NCC(C)(C)SC. The van der Waals surface area contributed by atoms with Crippen LogP contribution in [0.2, 0.25) is 0 Å². The largest absolute Gasteiger partial charge is 0.369 e. The van der Waals surface area contributed by atoms with Gasteiger partial charge in [-0.15, -0.1) is 0 Å². The quantitative estimate of drug-likeness (QED) is 0.764. The highest BCUT2D eigenvalue weighted by molar-refractivity contribution is 7.99. The van der Waals surface area contributed by atoms with Gasteiger partial charge in [-0.2, -0.15) is 11.8 Å². The molecule has 0 aromatic heterocycles. The van der Waals surface area contributed by atoms with E-state index >= 15 is 0 Å². The minimum absolute atomic E-state index is 0.0675. The predicted molar refractivity (Wildman–Crippen MR) is 61.7 cm³/mol. The molecule has 0 aromatic rings. The van der Waals surface area contributed by atoms with E-state index in [1.54, 1.807) is 32.7 Å². The number of carbonyl (C=O) groups is 1. The Kier molecular flexibility index (Phi) is 4.95. The topological polar surface area (TPSA) is 38.3 Å². The molecule has 0 heterocycles. The van der Waals surface area contributed by atoms with Gasteiger partial charge < -0.3 is 10.1 Å². The molecule has 0 spiro atoms. The summed E-state index contributed by atoms with van der Waals surface area (Å²) in [4.78, 5) is 11.6. The van der Waals surface area contributed by atoms with Gasteiger partial charge in [0.25, 0.3) is 5.91 Å². The summed E-state index contributed by atoms with van der Waals surface area (Å²) in [5.41, 5.74) is -0.742. The third-order valence-corrected chi connectivity index (χ3v) is 3.53. The number of ether oxygens (including phenoxy) is 1. The molecule has 0 bridgehead atoms. The van der Waals surface area contributed by atoms with Crippen molar-refractivity contribution in [3.05, 3.63) is 0 Å². The lowest BCUT2D eigenvalue weighted by atomic mass is 10.1. The smallest absolute Gasteiger partial charge is 0.251 e. The van der Waals surface area contributed by atoms with Crippen LogP contribution in [0.1, 0.15) is 27.7 Å². The number of thioether (sulfide) groups is 1. The van der Waals surface area contributed by atoms with E-state index in [2.05, 4.69) is 19.2 Å². The molecular weight excluding hydrogens is 198 g/mol. The fourth-order valence-corrected chi connectivity index (χ4v) is 0.887. The molecule has 1 N–H and O–H groups in total. The van der Waals surface area contributed by atoms with Crippen molar-refractivity contribution in [1.82, 2.24) is 5.32 Å². The zero-order chi connectivity index (χ0) is 11.4. The van der Waals surface area contributed by atoms with E-state index in [4.69, 9.17) is 4.74 Å². The van der Waals surface area contributed by atoms with Gasteiger partial charge >= 0.3 is 0 Å². The highest BCUT2D eigenvalue weighted by Gasteiger charge is 2.28. The Balaban J connectivity index is 4.10. The first-order valence-corrected chi connectivity index (χ1v) is 5.86. The molecule has 0 atom stereocenters. The third-order valence-electron chi connectivity index (χ3n) is 2.28. The Morgan fingerprint density at radius 2 is 1.86 bits per heavy atom. The molecule has 14 heavy (non-hydrogen) atoms. The molecule has 0 aromatic carbocycles. The van der Waals surface area contributed by atoms with Gasteiger partial charge in [0.2, 0.25) is 0 Å². The van der Waals surface area contributed by atoms with E-state index in [1.165, 1.54) is 0 Å². The normalized spacial score (nSPS) is 12.7. The van der Waals surface area contributed by atoms with Gasteiger partial charge in [0.05, 0.1) is 0 Å². The van der Waals surface area contributed by atoms with Crippen molar-refractivity contribution in [2.45, 2.75) is 38.0 Å². The number of amides is 1. The molecule has 0 saturated heterocycles. The summed E-state index contributed by atoms with van der Waals surface area (Å²) in [5, 5.41) is 2.88. The van der Waals surface area contributed by atoms with Gasteiger partial charge in [-0.25, -0.2) is 0 Å². The molecule has 0 saturated carbocycles. The van der Waals surface area contributed by atoms with Crippen molar-refractivity contribution in [3.8, 4) is 0 Å². The summed E-state index contributed by atoms with van der Waals surface area (Å²) in [7, 11) is 1.54. The summed E-state index contributed by atoms with van der Waals surface area (Å²) in [6, 6.07) is 0. The highest BCUT2D eigenvalue weighted by atomic mass is 32.2. The van der Waals surface area contributed by atoms with Crippen LogP contribution in [0.5, 0.6) is 0 Å². The first-order chi connectivity index (χ1) is 6.25. The average Bonchev–Trinajstić information content (AvgIpc) is 2.14. The Hall–Kier alpha value is -0.220. The lowest BCUT2D eigenvalue weighted by Crippen LogP contribution is -2.47. The van der Waals surface area contributed by atoms with Crippen molar-refractivity contribution in [2.75, 3.05) is 19.9 Å². The summed E-state index contributed by atoms with van der Waals surface area (Å²) >= 11 is 1.73. The molecule has 0 radical (unpaired) electrons. The van der Waals surface area contributed by atoms with Crippen LogP contribution in [-0.2, 0) is 9.53 Å². The number of nitrogens with one attached hydrogen (secondary N) is 1. The molecule has 0 aliphatic carbocycles. The lowest BCUT2D eigenvalue weighted by Gasteiger charge is -2.26. The standard InChI is InChI=1S/C10H21NO2S/c1-9(2,14-6)7-11-8(12)10(3,4)13-5/h7H2,1-6H3,(H,11,12). The monoisotopic (exact) mass is 219 g/mol. The van der Waals surface area contributed by atoms with E-state index in [1.807, 2.05) is 6.26 Å². The van der Waals surface area contributed by atoms with Crippen LogP contribution < -0.4 is 5.32 Å². The minimum Gasteiger partial charge on any atom is -0.369 e. The average molecular weight is 219 g/mol. The molecule has 0 unspecified atom stereocenters. The second-order valence-corrected chi connectivity index (χ2v) is 5.87. The predicted octanol–water partition coefficient (Wildman–Crippen LogP) is 1.67. The summed E-state index contributed by atoms with van der Waals surface area (Å²) in [6.07, 6.45) is 2.04. The third kappa shape index (κ3) is 4.33. The van der Waals surface area contributed by atoms with Gasteiger partial charge in [0.15, 0.2) is 0 Å². The van der Waals surface area contributed by atoms with Crippen molar-refractivity contribution in [1.29, 1.82) is 0 Å². The fourth-order valence-electron chi connectivity index (χ4n) is 0.671. The molecule has 0 fully saturated rings. The zero-order valence-corrected chi connectivity index (χ0v) is 10.7. The van der Waals surface area contributed by atoms with E-state index in [9.17, 15) is 4.79 Å². The summed E-state index contributed by atoms with van der Waals surface area (Å²) < 4.78 is 5.15. The van der Waals surface area contributed by atoms with Crippen LogP contribution in [0.4, 0.5) is 0 Å². The Morgan fingerprint density at radius 3 is 2.21 bits per heavy atom. The van der Waals surface area contributed by atoms with Gasteiger partial charge in [-0.1, -0.05) is 0 Å². The highest BCUT2D eigenvalue weighted by Crippen LogP contribution is 2.20. The maximum absolute atomic E-state index is 11.6. The molecular formula is C10H21NO2S. The number of hydrogen-bond acceptors (Lipinski definition) is 3. The summed E-state index contributed by atoms with van der Waals surface area (Å²) in [5.74, 6) is -0.0675. The molecule has 3 nitrogen and oxygen atoms in total. The second kappa shape index (κ2) is 5.03.